The zero-order chi connectivity index (χ0) is 8.97. The predicted molar refractivity (Wildman–Crippen MR) is 44.0 cm³/mol. The van der Waals surface area contributed by atoms with Gasteiger partial charge in [0.15, 0.2) is 0 Å². The van der Waals surface area contributed by atoms with Crippen molar-refractivity contribution in [2.24, 2.45) is 0 Å². The average molecular weight is 189 g/mol. The van der Waals surface area contributed by atoms with Crippen LogP contribution >= 0.6 is 11.6 Å². The van der Waals surface area contributed by atoms with E-state index in [2.05, 4.69) is 9.84 Å². The van der Waals surface area contributed by atoms with Crippen LogP contribution in [0.3, 0.4) is 0 Å². The summed E-state index contributed by atoms with van der Waals surface area (Å²) in [5.74, 6) is 0. The molecule has 0 aliphatic carbocycles. The number of hydrogen-bond acceptors (Lipinski definition) is 3. The summed E-state index contributed by atoms with van der Waals surface area (Å²) in [7, 11) is 0. The molecule has 0 saturated carbocycles. The lowest BCUT2D eigenvalue weighted by atomic mass is 10.4. The lowest BCUT2D eigenvalue weighted by Crippen LogP contribution is -2.17. The van der Waals surface area contributed by atoms with Gasteiger partial charge < -0.3 is 4.74 Å². The molecule has 4 nitrogen and oxygen atoms in total. The van der Waals surface area contributed by atoms with Crippen molar-refractivity contribution >= 4 is 17.0 Å². The fraction of sp³-hybridized carbons (Fsp3) is 0.429. The zero-order valence-corrected chi connectivity index (χ0v) is 7.36. The second kappa shape index (κ2) is 4.11. The fourth-order valence-electron chi connectivity index (χ4n) is 0.867. The van der Waals surface area contributed by atoms with Gasteiger partial charge in [-0.2, -0.15) is 5.10 Å². The second-order valence-electron chi connectivity index (χ2n) is 2.39. The lowest BCUT2D eigenvalue weighted by Gasteiger charge is -2.09. The number of halogens is 1. The van der Waals surface area contributed by atoms with Crippen LogP contribution in [0.1, 0.15) is 6.92 Å². The van der Waals surface area contributed by atoms with Gasteiger partial charge in [0.05, 0.1) is 6.54 Å². The Kier molecular flexibility index (Phi) is 3.10. The molecule has 1 atom stereocenters. The Hall–Kier alpha value is -1.03. The van der Waals surface area contributed by atoms with Crippen molar-refractivity contribution in [2.75, 3.05) is 0 Å². The molecule has 1 heterocycles. The summed E-state index contributed by atoms with van der Waals surface area (Å²) in [4.78, 5) is 10.3. The Morgan fingerprint density at radius 1 is 1.83 bits per heavy atom. The molecule has 0 saturated heterocycles. The van der Waals surface area contributed by atoms with E-state index in [4.69, 9.17) is 11.6 Å². The van der Waals surface area contributed by atoms with Crippen molar-refractivity contribution in [3.63, 3.8) is 0 Å². The van der Waals surface area contributed by atoms with Gasteiger partial charge in [0, 0.05) is 24.0 Å². The molecule has 5 heteroatoms. The maximum atomic E-state index is 10.3. The number of aromatic nitrogens is 2. The quantitative estimate of drug-likeness (QED) is 0.678. The molecule has 66 valence electrons. The first-order chi connectivity index (χ1) is 5.68. The molecule has 0 spiro atoms. The van der Waals surface area contributed by atoms with Crippen molar-refractivity contribution < 1.29 is 9.53 Å². The molecule has 0 aromatic carbocycles. The van der Waals surface area contributed by atoms with Gasteiger partial charge in [-0.05, 0) is 13.0 Å². The summed E-state index contributed by atoms with van der Waals surface area (Å²) in [5.41, 5.74) is -0.783. The third-order valence-electron chi connectivity index (χ3n) is 1.30. The summed E-state index contributed by atoms with van der Waals surface area (Å²) in [6, 6.07) is 1.80. The average Bonchev–Trinajstić information content (AvgIpc) is 2.37. The van der Waals surface area contributed by atoms with Crippen LogP contribution in [0.4, 0.5) is 4.79 Å². The number of rotatable bonds is 3. The van der Waals surface area contributed by atoms with E-state index < -0.39 is 5.43 Å². The number of carbonyl (C=O) groups is 1. The van der Waals surface area contributed by atoms with Crippen LogP contribution < -0.4 is 0 Å². The number of carbonyl (C=O) groups excluding carboxylic acids is 1. The molecule has 0 amide bonds. The van der Waals surface area contributed by atoms with Crippen LogP contribution in [-0.4, -0.2) is 21.3 Å². The normalized spacial score (nSPS) is 12.5. The maximum absolute atomic E-state index is 10.3. The van der Waals surface area contributed by atoms with Gasteiger partial charge in [-0.25, -0.2) is 4.79 Å². The molecule has 0 radical (unpaired) electrons. The van der Waals surface area contributed by atoms with Crippen molar-refractivity contribution in [3.8, 4) is 0 Å². The van der Waals surface area contributed by atoms with Gasteiger partial charge in [-0.1, -0.05) is 0 Å². The molecule has 0 aliphatic heterocycles. The van der Waals surface area contributed by atoms with Crippen molar-refractivity contribution in [1.82, 2.24) is 9.78 Å². The standard InChI is InChI=1S/C7H9ClN2O2/c1-6(12-7(8)11)5-10-4-2-3-9-10/h2-4,6H,5H2,1H3. The zero-order valence-electron chi connectivity index (χ0n) is 6.61. The van der Waals surface area contributed by atoms with E-state index in [1.54, 1.807) is 30.1 Å². The summed E-state index contributed by atoms with van der Waals surface area (Å²) >= 11 is 5.02. The third kappa shape index (κ3) is 2.92. The molecule has 0 bridgehead atoms. The molecule has 0 fully saturated rings. The number of ether oxygens (including phenoxy) is 1. The van der Waals surface area contributed by atoms with E-state index in [1.165, 1.54) is 0 Å². The van der Waals surface area contributed by atoms with Crippen LogP contribution in [0.25, 0.3) is 0 Å². The van der Waals surface area contributed by atoms with E-state index >= 15 is 0 Å². The molecule has 1 rings (SSSR count). The Bertz CT molecular complexity index is 248. The van der Waals surface area contributed by atoms with Crippen molar-refractivity contribution in [3.05, 3.63) is 18.5 Å². The fourth-order valence-corrected chi connectivity index (χ4v) is 1.02. The molecular formula is C7H9ClN2O2. The van der Waals surface area contributed by atoms with Crippen LogP contribution in [0.5, 0.6) is 0 Å². The summed E-state index contributed by atoms with van der Waals surface area (Å²) in [6.07, 6.45) is 3.20. The first kappa shape index (κ1) is 9.06. The smallest absolute Gasteiger partial charge is 0.404 e. The summed E-state index contributed by atoms with van der Waals surface area (Å²) in [6.45, 7) is 2.27. The number of nitrogens with zero attached hydrogens (tertiary/aromatic N) is 2. The van der Waals surface area contributed by atoms with E-state index in [0.29, 0.717) is 6.54 Å². The van der Waals surface area contributed by atoms with E-state index in [-0.39, 0.29) is 6.10 Å². The molecule has 1 aromatic heterocycles. The first-order valence-corrected chi connectivity index (χ1v) is 3.90. The highest BCUT2D eigenvalue weighted by molar-refractivity contribution is 6.61. The van der Waals surface area contributed by atoms with Crippen LogP contribution in [-0.2, 0) is 11.3 Å². The van der Waals surface area contributed by atoms with Crippen LogP contribution in [0.2, 0.25) is 0 Å². The largest absolute Gasteiger partial charge is 0.449 e. The molecule has 1 aromatic rings. The Balaban J connectivity index is 2.36. The lowest BCUT2D eigenvalue weighted by molar-refractivity contribution is 0.118. The minimum atomic E-state index is -0.783. The van der Waals surface area contributed by atoms with E-state index in [9.17, 15) is 4.79 Å². The Morgan fingerprint density at radius 2 is 2.58 bits per heavy atom. The highest BCUT2D eigenvalue weighted by atomic mass is 35.5. The highest BCUT2D eigenvalue weighted by Crippen LogP contribution is 1.98. The molecule has 0 N–H and O–H groups in total. The topological polar surface area (TPSA) is 44.1 Å². The van der Waals surface area contributed by atoms with Gasteiger partial charge in [0.1, 0.15) is 6.10 Å². The molecular weight excluding hydrogens is 180 g/mol. The summed E-state index contributed by atoms with van der Waals surface area (Å²) < 4.78 is 6.36. The number of hydrogen-bond donors (Lipinski definition) is 0. The monoisotopic (exact) mass is 188 g/mol. The van der Waals surface area contributed by atoms with Crippen LogP contribution in [0.15, 0.2) is 18.5 Å². The first-order valence-electron chi connectivity index (χ1n) is 3.52. The predicted octanol–water partition coefficient (Wildman–Crippen LogP) is 1.65. The molecule has 1 unspecified atom stereocenters. The minimum Gasteiger partial charge on any atom is -0.449 e. The van der Waals surface area contributed by atoms with Crippen molar-refractivity contribution in [2.45, 2.75) is 19.6 Å². The third-order valence-corrected chi connectivity index (χ3v) is 1.39. The maximum Gasteiger partial charge on any atom is 0.404 e. The van der Waals surface area contributed by atoms with E-state index in [0.717, 1.165) is 0 Å². The van der Waals surface area contributed by atoms with Crippen molar-refractivity contribution in [1.29, 1.82) is 0 Å². The van der Waals surface area contributed by atoms with Gasteiger partial charge in [-0.15, -0.1) is 0 Å². The van der Waals surface area contributed by atoms with Gasteiger partial charge in [0.2, 0.25) is 0 Å². The van der Waals surface area contributed by atoms with Gasteiger partial charge in [-0.3, -0.25) is 4.68 Å². The minimum absolute atomic E-state index is 0.255. The molecule has 12 heavy (non-hydrogen) atoms. The van der Waals surface area contributed by atoms with Gasteiger partial charge >= 0.3 is 5.43 Å². The van der Waals surface area contributed by atoms with E-state index in [1.807, 2.05) is 0 Å². The Morgan fingerprint density at radius 3 is 3.08 bits per heavy atom. The second-order valence-corrected chi connectivity index (χ2v) is 2.70. The molecule has 0 aliphatic rings. The Labute approximate surface area is 75.1 Å². The van der Waals surface area contributed by atoms with Gasteiger partial charge in [0.25, 0.3) is 0 Å². The SMILES string of the molecule is CC(Cn1cccn1)OC(=O)Cl. The van der Waals surface area contributed by atoms with Crippen LogP contribution in [0, 0.1) is 0 Å². The highest BCUT2D eigenvalue weighted by Gasteiger charge is 2.06. The summed E-state index contributed by atoms with van der Waals surface area (Å²) in [5, 5.41) is 3.95.